The molecule has 0 fully saturated rings. The standard InChI is InChI=1S/C9H14O3.C5H12O2/c1-3-5-7-11-9(10)12-8-6-4-2;1-5(2,3-6)4-7/h5-8H,3-4H2,1-2H3;6-7H,3-4H2,1-2H3. The first-order chi connectivity index (χ1) is 8.93. The Morgan fingerprint density at radius 1 is 1.00 bits per heavy atom. The maximum absolute atomic E-state index is 10.6. The Morgan fingerprint density at radius 3 is 1.58 bits per heavy atom. The van der Waals surface area contributed by atoms with Crippen molar-refractivity contribution in [2.24, 2.45) is 5.41 Å². The van der Waals surface area contributed by atoms with E-state index in [9.17, 15) is 4.79 Å². The number of aliphatic hydroxyl groups excluding tert-OH is 2. The van der Waals surface area contributed by atoms with Gasteiger partial charge in [0.2, 0.25) is 0 Å². The van der Waals surface area contributed by atoms with Crippen LogP contribution in [-0.4, -0.2) is 29.6 Å². The van der Waals surface area contributed by atoms with Gasteiger partial charge in [-0.05, 0) is 25.0 Å². The first-order valence-corrected chi connectivity index (χ1v) is 6.32. The van der Waals surface area contributed by atoms with Gasteiger partial charge in [-0.1, -0.05) is 27.7 Å². The number of ether oxygens (including phenoxy) is 2. The average molecular weight is 274 g/mol. The van der Waals surface area contributed by atoms with E-state index in [2.05, 4.69) is 9.47 Å². The third kappa shape index (κ3) is 16.7. The monoisotopic (exact) mass is 274 g/mol. The van der Waals surface area contributed by atoms with Gasteiger partial charge >= 0.3 is 6.16 Å². The first-order valence-electron chi connectivity index (χ1n) is 6.32. The molecule has 0 aliphatic carbocycles. The maximum atomic E-state index is 10.6. The van der Waals surface area contributed by atoms with Crippen molar-refractivity contribution in [2.45, 2.75) is 40.5 Å². The molecule has 0 aliphatic heterocycles. The minimum atomic E-state index is -0.704. The zero-order chi connectivity index (χ0) is 15.1. The van der Waals surface area contributed by atoms with Gasteiger partial charge in [0.15, 0.2) is 0 Å². The van der Waals surface area contributed by atoms with Gasteiger partial charge in [-0.2, -0.15) is 0 Å². The fourth-order valence-corrected chi connectivity index (χ4v) is 0.478. The lowest BCUT2D eigenvalue weighted by molar-refractivity contribution is 0.0857. The van der Waals surface area contributed by atoms with Crippen LogP contribution < -0.4 is 0 Å². The van der Waals surface area contributed by atoms with Crippen molar-refractivity contribution in [1.82, 2.24) is 0 Å². The second-order valence-electron chi connectivity index (χ2n) is 4.53. The summed E-state index contributed by atoms with van der Waals surface area (Å²) in [4.78, 5) is 10.6. The number of hydrogen-bond donors (Lipinski definition) is 2. The van der Waals surface area contributed by atoms with Crippen LogP contribution in [0.4, 0.5) is 4.79 Å². The first kappa shape index (κ1) is 20.0. The molecule has 0 heterocycles. The van der Waals surface area contributed by atoms with Gasteiger partial charge in [0.25, 0.3) is 0 Å². The highest BCUT2D eigenvalue weighted by molar-refractivity contribution is 5.61. The number of hydrogen-bond acceptors (Lipinski definition) is 5. The molecule has 5 heteroatoms. The topological polar surface area (TPSA) is 76.0 Å². The Labute approximate surface area is 115 Å². The molecule has 112 valence electrons. The molecule has 0 saturated heterocycles. The highest BCUT2D eigenvalue weighted by Gasteiger charge is 2.13. The summed E-state index contributed by atoms with van der Waals surface area (Å²) in [6.07, 6.45) is 7.06. The van der Waals surface area contributed by atoms with E-state index in [-0.39, 0.29) is 18.6 Å². The summed E-state index contributed by atoms with van der Waals surface area (Å²) in [5, 5.41) is 16.9. The SMILES string of the molecule is CC(C)(CO)CO.CCC=COC(=O)OC=CCC. The molecule has 0 spiro atoms. The fraction of sp³-hybridized carbons (Fsp3) is 0.643. The van der Waals surface area contributed by atoms with E-state index >= 15 is 0 Å². The molecule has 0 aromatic carbocycles. The van der Waals surface area contributed by atoms with Crippen molar-refractivity contribution < 1.29 is 24.5 Å². The number of carbonyl (C=O) groups excluding carboxylic acids is 1. The summed E-state index contributed by atoms with van der Waals surface area (Å²) in [6.45, 7) is 7.58. The Morgan fingerprint density at radius 2 is 1.37 bits per heavy atom. The van der Waals surface area contributed by atoms with Crippen LogP contribution in [0.25, 0.3) is 0 Å². The predicted octanol–water partition coefficient (Wildman–Crippen LogP) is 2.98. The second-order valence-corrected chi connectivity index (χ2v) is 4.53. The van der Waals surface area contributed by atoms with Crippen LogP contribution in [0.3, 0.4) is 0 Å². The number of carbonyl (C=O) groups is 1. The minimum Gasteiger partial charge on any atom is -0.403 e. The van der Waals surface area contributed by atoms with E-state index in [1.54, 1.807) is 26.0 Å². The van der Waals surface area contributed by atoms with E-state index in [4.69, 9.17) is 10.2 Å². The highest BCUT2D eigenvalue weighted by atomic mass is 16.7. The molecule has 5 nitrogen and oxygen atoms in total. The molecule has 0 unspecified atom stereocenters. The van der Waals surface area contributed by atoms with Gasteiger partial charge in [0, 0.05) is 5.41 Å². The van der Waals surface area contributed by atoms with E-state index in [1.807, 2.05) is 13.8 Å². The van der Waals surface area contributed by atoms with Gasteiger partial charge in [-0.25, -0.2) is 4.79 Å². The van der Waals surface area contributed by atoms with Gasteiger partial charge in [0.1, 0.15) is 0 Å². The molecule has 19 heavy (non-hydrogen) atoms. The molecule has 0 aromatic rings. The molecule has 0 amide bonds. The van der Waals surface area contributed by atoms with Crippen LogP contribution in [-0.2, 0) is 9.47 Å². The van der Waals surface area contributed by atoms with Crippen molar-refractivity contribution >= 4 is 6.16 Å². The summed E-state index contributed by atoms with van der Waals surface area (Å²) >= 11 is 0. The fourth-order valence-electron chi connectivity index (χ4n) is 0.478. The zero-order valence-corrected chi connectivity index (χ0v) is 12.3. The molecular formula is C14H26O5. The van der Waals surface area contributed by atoms with Crippen LogP contribution in [0.2, 0.25) is 0 Å². The molecule has 0 radical (unpaired) electrons. The lowest BCUT2D eigenvalue weighted by Crippen LogP contribution is -2.20. The third-order valence-electron chi connectivity index (χ3n) is 1.85. The largest absolute Gasteiger partial charge is 0.518 e. The van der Waals surface area contributed by atoms with E-state index in [1.165, 1.54) is 12.5 Å². The Kier molecular flexibility index (Phi) is 13.8. The zero-order valence-electron chi connectivity index (χ0n) is 12.3. The predicted molar refractivity (Wildman–Crippen MR) is 74.4 cm³/mol. The Bertz CT molecular complexity index is 245. The number of allylic oxidation sites excluding steroid dienone is 2. The molecule has 0 saturated carbocycles. The molecule has 0 rings (SSSR count). The third-order valence-corrected chi connectivity index (χ3v) is 1.85. The normalized spacial score (nSPS) is 11.3. The molecular weight excluding hydrogens is 248 g/mol. The lowest BCUT2D eigenvalue weighted by atomic mass is 9.97. The molecule has 2 N–H and O–H groups in total. The van der Waals surface area contributed by atoms with Crippen molar-refractivity contribution in [3.63, 3.8) is 0 Å². The van der Waals surface area contributed by atoms with Crippen LogP contribution in [0, 0.1) is 5.41 Å². The molecule has 0 atom stereocenters. The van der Waals surface area contributed by atoms with Crippen LogP contribution in [0.1, 0.15) is 40.5 Å². The van der Waals surface area contributed by atoms with Gasteiger partial charge in [-0.15, -0.1) is 0 Å². The summed E-state index contributed by atoms with van der Waals surface area (Å²) in [6, 6.07) is 0. The molecule has 0 bridgehead atoms. The lowest BCUT2D eigenvalue weighted by Gasteiger charge is -2.16. The van der Waals surface area contributed by atoms with E-state index in [0.717, 1.165) is 12.8 Å². The van der Waals surface area contributed by atoms with Gasteiger partial charge in [0.05, 0.1) is 25.7 Å². The summed E-state index contributed by atoms with van der Waals surface area (Å²) in [7, 11) is 0. The Hall–Kier alpha value is -1.33. The van der Waals surface area contributed by atoms with Gasteiger partial charge < -0.3 is 19.7 Å². The number of aliphatic hydroxyl groups is 2. The molecule has 0 aliphatic rings. The van der Waals surface area contributed by atoms with Crippen LogP contribution in [0.15, 0.2) is 24.7 Å². The highest BCUT2D eigenvalue weighted by Crippen LogP contribution is 2.10. The van der Waals surface area contributed by atoms with Crippen LogP contribution in [0.5, 0.6) is 0 Å². The maximum Gasteiger partial charge on any atom is 0.518 e. The van der Waals surface area contributed by atoms with E-state index < -0.39 is 6.16 Å². The Balaban J connectivity index is 0. The van der Waals surface area contributed by atoms with Gasteiger partial charge in [-0.3, -0.25) is 0 Å². The second kappa shape index (κ2) is 13.1. The minimum absolute atomic E-state index is 0.0451. The quantitative estimate of drug-likeness (QED) is 0.575. The summed E-state index contributed by atoms with van der Waals surface area (Å²) in [5.74, 6) is 0. The smallest absolute Gasteiger partial charge is 0.403 e. The summed E-state index contributed by atoms with van der Waals surface area (Å²) < 4.78 is 9.07. The van der Waals surface area contributed by atoms with Crippen LogP contribution >= 0.6 is 0 Å². The van der Waals surface area contributed by atoms with Crippen molar-refractivity contribution in [3.8, 4) is 0 Å². The number of rotatable bonds is 6. The van der Waals surface area contributed by atoms with E-state index in [0.29, 0.717) is 0 Å². The summed E-state index contributed by atoms with van der Waals surface area (Å²) in [5.41, 5.74) is -0.306. The van der Waals surface area contributed by atoms with Crippen molar-refractivity contribution in [3.05, 3.63) is 24.7 Å². The average Bonchev–Trinajstić information content (AvgIpc) is 2.40. The molecule has 0 aromatic heterocycles. The van der Waals surface area contributed by atoms with Crippen molar-refractivity contribution in [2.75, 3.05) is 13.2 Å². The van der Waals surface area contributed by atoms with Crippen molar-refractivity contribution in [1.29, 1.82) is 0 Å².